The summed E-state index contributed by atoms with van der Waals surface area (Å²) in [6.45, 7) is 0. The fourth-order valence-electron chi connectivity index (χ4n) is 1.93. The summed E-state index contributed by atoms with van der Waals surface area (Å²) < 4.78 is 5.50. The highest BCUT2D eigenvalue weighted by Gasteiger charge is 2.13. The molecule has 2 N–H and O–H groups in total. The molecule has 0 unspecified atom stereocenters. The Morgan fingerprint density at radius 2 is 1.77 bits per heavy atom. The van der Waals surface area contributed by atoms with Gasteiger partial charge in [-0.15, -0.1) is 10.0 Å². The first kappa shape index (κ1) is 15.6. The molecule has 0 aliphatic rings. The van der Waals surface area contributed by atoms with E-state index in [9.17, 15) is 14.5 Å². The van der Waals surface area contributed by atoms with Crippen molar-refractivity contribution in [2.75, 3.05) is 0 Å². The van der Waals surface area contributed by atoms with E-state index in [1.807, 2.05) is 6.07 Å². The maximum Gasteiger partial charge on any atom is 0.260 e. The van der Waals surface area contributed by atoms with Crippen molar-refractivity contribution >= 4 is 11.7 Å². The number of nitroso groups, excluding NO2 is 1. The van der Waals surface area contributed by atoms with Gasteiger partial charge in [-0.25, -0.2) is 5.84 Å². The minimum absolute atomic E-state index is 0.00181. The van der Waals surface area contributed by atoms with Gasteiger partial charge < -0.3 is 4.42 Å². The van der Waals surface area contributed by atoms with E-state index in [0.717, 1.165) is 0 Å². The molecule has 1 aromatic carbocycles. The van der Waals surface area contributed by atoms with Crippen molar-refractivity contribution in [3.63, 3.8) is 0 Å². The molecule has 0 radical (unpaired) electrons. The molecule has 0 aliphatic carbocycles. The van der Waals surface area contributed by atoms with Crippen LogP contribution in [0.25, 0.3) is 0 Å². The Labute approximate surface area is 126 Å². The summed E-state index contributed by atoms with van der Waals surface area (Å²) >= 11 is 0. The number of benzene rings is 1. The summed E-state index contributed by atoms with van der Waals surface area (Å²) in [4.78, 5) is 33.4. The Kier molecular flexibility index (Phi) is 5.16. The van der Waals surface area contributed by atoms with E-state index in [0.29, 0.717) is 17.1 Å². The normalized spacial score (nSPS) is 10.2. The molecule has 0 atom stereocenters. The lowest BCUT2D eigenvalue weighted by Crippen LogP contribution is -2.31. The van der Waals surface area contributed by atoms with E-state index in [1.165, 1.54) is 0 Å². The fraction of sp³-hybridized carbons (Fsp3) is 0.200. The average Bonchev–Trinajstić information content (AvgIpc) is 3.00. The Morgan fingerprint density at radius 1 is 1.09 bits per heavy atom. The van der Waals surface area contributed by atoms with E-state index in [-0.39, 0.29) is 30.2 Å². The van der Waals surface area contributed by atoms with E-state index in [4.69, 9.17) is 10.3 Å². The molecule has 2 aromatic rings. The molecular formula is C15H15N3O4. The Bertz CT molecular complexity index is 666. The van der Waals surface area contributed by atoms with E-state index in [2.05, 4.69) is 5.29 Å². The zero-order valence-corrected chi connectivity index (χ0v) is 11.8. The lowest BCUT2D eigenvalue weighted by Gasteiger charge is -2.04. The molecule has 1 aromatic heterocycles. The third-order valence-electron chi connectivity index (χ3n) is 3.08. The van der Waals surface area contributed by atoms with Crippen LogP contribution in [-0.4, -0.2) is 16.8 Å². The number of aryl methyl sites for hydroxylation is 1. The number of hydrogen-bond acceptors (Lipinski definition) is 6. The highest BCUT2D eigenvalue weighted by molar-refractivity contribution is 5.97. The Balaban J connectivity index is 1.90. The van der Waals surface area contributed by atoms with Crippen molar-refractivity contribution in [2.45, 2.75) is 19.3 Å². The minimum atomic E-state index is -0.603. The Morgan fingerprint density at radius 3 is 2.45 bits per heavy atom. The van der Waals surface area contributed by atoms with E-state index in [1.54, 1.807) is 36.4 Å². The molecule has 22 heavy (non-hydrogen) atoms. The lowest BCUT2D eigenvalue weighted by atomic mass is 10.1. The van der Waals surface area contributed by atoms with Crippen molar-refractivity contribution in [1.29, 1.82) is 0 Å². The summed E-state index contributed by atoms with van der Waals surface area (Å²) in [5, 5.41) is 2.57. The maximum absolute atomic E-state index is 12.0. The Hall–Kier alpha value is -2.80. The molecule has 0 bridgehead atoms. The average molecular weight is 301 g/mol. The third-order valence-corrected chi connectivity index (χ3v) is 3.08. The van der Waals surface area contributed by atoms with Crippen molar-refractivity contribution in [2.24, 2.45) is 11.1 Å². The summed E-state index contributed by atoms with van der Waals surface area (Å²) in [5.74, 6) is 5.46. The highest BCUT2D eigenvalue weighted by atomic mass is 16.3. The molecule has 1 amide bonds. The van der Waals surface area contributed by atoms with Crippen molar-refractivity contribution in [1.82, 2.24) is 5.12 Å². The van der Waals surface area contributed by atoms with Crippen molar-refractivity contribution in [3.05, 3.63) is 64.5 Å². The van der Waals surface area contributed by atoms with Gasteiger partial charge in [0, 0.05) is 18.4 Å². The second kappa shape index (κ2) is 7.28. The van der Waals surface area contributed by atoms with Crippen LogP contribution < -0.4 is 5.84 Å². The number of carbonyl (C=O) groups excluding carboxylic acids is 2. The first-order valence-electron chi connectivity index (χ1n) is 6.67. The first-order chi connectivity index (χ1) is 10.6. The topological polar surface area (TPSA) is 106 Å². The standard InChI is InChI=1S/C15H15N3O4/c16-18(17-21)15(20)9-8-12-6-7-13(22-12)10-14(19)11-4-2-1-3-5-11/h1-7H,8-10,16H2. The van der Waals surface area contributed by atoms with Gasteiger partial charge in [-0.2, -0.15) is 0 Å². The minimum Gasteiger partial charge on any atom is -0.466 e. The number of ketones is 1. The van der Waals surface area contributed by atoms with Gasteiger partial charge in [0.1, 0.15) is 11.5 Å². The van der Waals surface area contributed by atoms with E-state index < -0.39 is 5.91 Å². The smallest absolute Gasteiger partial charge is 0.260 e. The predicted molar refractivity (Wildman–Crippen MR) is 78.3 cm³/mol. The van der Waals surface area contributed by atoms with Gasteiger partial charge in [0.2, 0.25) is 0 Å². The van der Waals surface area contributed by atoms with Crippen LogP contribution >= 0.6 is 0 Å². The van der Waals surface area contributed by atoms with Gasteiger partial charge in [0.25, 0.3) is 5.91 Å². The number of nitrogens with two attached hydrogens (primary N) is 1. The zero-order valence-electron chi connectivity index (χ0n) is 11.8. The number of amides is 1. The van der Waals surface area contributed by atoms with Crippen LogP contribution in [0.2, 0.25) is 0 Å². The van der Waals surface area contributed by atoms with Crippen molar-refractivity contribution in [3.8, 4) is 0 Å². The molecule has 2 rings (SSSR count). The van der Waals surface area contributed by atoms with Crippen LogP contribution in [0.3, 0.4) is 0 Å². The van der Waals surface area contributed by atoms with Gasteiger partial charge in [-0.1, -0.05) is 30.3 Å². The van der Waals surface area contributed by atoms with Crippen LogP contribution in [0.4, 0.5) is 0 Å². The summed E-state index contributed by atoms with van der Waals surface area (Å²) in [5.41, 5.74) is 0.617. The van der Waals surface area contributed by atoms with Gasteiger partial charge in [0.15, 0.2) is 5.78 Å². The molecule has 0 fully saturated rings. The van der Waals surface area contributed by atoms with Crippen LogP contribution in [0.1, 0.15) is 28.3 Å². The summed E-state index contributed by atoms with van der Waals surface area (Å²) in [6.07, 6.45) is 0.431. The number of nitrogens with zero attached hydrogens (tertiary/aromatic N) is 2. The molecule has 7 heteroatoms. The van der Waals surface area contributed by atoms with Gasteiger partial charge in [-0.3, -0.25) is 9.59 Å². The van der Waals surface area contributed by atoms with Gasteiger partial charge in [0.05, 0.1) is 11.7 Å². The second-order valence-corrected chi connectivity index (χ2v) is 4.65. The highest BCUT2D eigenvalue weighted by Crippen LogP contribution is 2.13. The predicted octanol–water partition coefficient (Wildman–Crippen LogP) is 2.02. The van der Waals surface area contributed by atoms with Crippen molar-refractivity contribution < 1.29 is 14.0 Å². The summed E-state index contributed by atoms with van der Waals surface area (Å²) in [6, 6.07) is 12.3. The quantitative estimate of drug-likeness (QED) is 0.277. The molecule has 0 saturated heterocycles. The number of hydrogen-bond donors (Lipinski definition) is 1. The number of hydrazine groups is 1. The lowest BCUT2D eigenvalue weighted by molar-refractivity contribution is -0.131. The number of rotatable bonds is 7. The van der Waals surface area contributed by atoms with Crippen LogP contribution in [0, 0.1) is 4.91 Å². The van der Waals surface area contributed by atoms with Crippen LogP contribution in [0.5, 0.6) is 0 Å². The number of carbonyl (C=O) groups is 2. The largest absolute Gasteiger partial charge is 0.466 e. The number of furan rings is 1. The molecule has 0 saturated carbocycles. The van der Waals surface area contributed by atoms with Gasteiger partial charge >= 0.3 is 0 Å². The van der Waals surface area contributed by atoms with Gasteiger partial charge in [-0.05, 0) is 12.1 Å². The molecule has 1 heterocycles. The van der Waals surface area contributed by atoms with E-state index >= 15 is 0 Å². The molecule has 114 valence electrons. The second-order valence-electron chi connectivity index (χ2n) is 4.65. The zero-order chi connectivity index (χ0) is 15.9. The number of Topliss-reactive ketones (excluding diaryl/α,β-unsaturated/α-hetero) is 1. The first-order valence-corrected chi connectivity index (χ1v) is 6.67. The third kappa shape index (κ3) is 4.10. The summed E-state index contributed by atoms with van der Waals surface area (Å²) in [7, 11) is 0. The maximum atomic E-state index is 12.0. The molecular weight excluding hydrogens is 286 g/mol. The van der Waals surface area contributed by atoms with Crippen LogP contribution in [0.15, 0.2) is 52.2 Å². The molecule has 7 nitrogen and oxygen atoms in total. The molecule has 0 aliphatic heterocycles. The molecule has 0 spiro atoms. The monoisotopic (exact) mass is 301 g/mol. The van der Waals surface area contributed by atoms with Crippen LogP contribution in [-0.2, 0) is 17.6 Å². The SMILES string of the molecule is NN(N=O)C(=O)CCc1ccc(CC(=O)c2ccccc2)o1. The fourth-order valence-corrected chi connectivity index (χ4v) is 1.93.